The third-order valence-corrected chi connectivity index (χ3v) is 4.77. The Balaban J connectivity index is 1.77. The number of rotatable bonds is 8. The van der Waals surface area contributed by atoms with Crippen LogP contribution in [-0.2, 0) is 22.6 Å². The van der Waals surface area contributed by atoms with E-state index < -0.39 is 11.9 Å². The van der Waals surface area contributed by atoms with Crippen molar-refractivity contribution in [3.05, 3.63) is 66.0 Å². The minimum Gasteiger partial charge on any atom is -0.456 e. The summed E-state index contributed by atoms with van der Waals surface area (Å²) in [4.78, 5) is 28.6. The first-order valence-electron chi connectivity index (χ1n) is 9.37. The molecule has 3 aromatic rings. The number of hydrogen-bond acceptors (Lipinski definition) is 6. The summed E-state index contributed by atoms with van der Waals surface area (Å²) in [5.74, 6) is -1.41. The molecule has 2 heterocycles. The number of carbonyl (C=O) groups excluding carboxylic acids is 2. The number of ether oxygens (including phenoxy) is 1. The van der Waals surface area contributed by atoms with Gasteiger partial charge >= 0.3 is 5.97 Å². The van der Waals surface area contributed by atoms with E-state index in [1.54, 1.807) is 18.5 Å². The standard InChI is InChI=1S/C22H23N3O4/c1-15(27)25-13-18(19-8-5-10-24-21(19)25)12-17(9-11-26)20(23)22(28)29-14-16-6-3-2-4-7-16/h2-8,10,13,17,23,26H,9,11-12,14H2,1H3. The molecule has 0 bridgehead atoms. The summed E-state index contributed by atoms with van der Waals surface area (Å²) >= 11 is 0. The van der Waals surface area contributed by atoms with Gasteiger partial charge in [-0.05, 0) is 36.1 Å². The van der Waals surface area contributed by atoms with Gasteiger partial charge in [0.05, 0.1) is 0 Å². The van der Waals surface area contributed by atoms with Crippen molar-refractivity contribution in [2.45, 2.75) is 26.4 Å². The lowest BCUT2D eigenvalue weighted by Crippen LogP contribution is -2.27. The molecule has 0 spiro atoms. The molecule has 2 N–H and O–H groups in total. The molecule has 150 valence electrons. The minimum atomic E-state index is -0.708. The van der Waals surface area contributed by atoms with Gasteiger partial charge in [-0.3, -0.25) is 14.8 Å². The molecule has 0 saturated heterocycles. The normalized spacial score (nSPS) is 11.9. The van der Waals surface area contributed by atoms with E-state index in [4.69, 9.17) is 10.1 Å². The third kappa shape index (κ3) is 4.75. The average molecular weight is 393 g/mol. The summed E-state index contributed by atoms with van der Waals surface area (Å²) in [5, 5.41) is 18.5. The largest absolute Gasteiger partial charge is 0.456 e. The van der Waals surface area contributed by atoms with Crippen molar-refractivity contribution in [2.75, 3.05) is 6.61 Å². The molecule has 0 aliphatic heterocycles. The zero-order valence-corrected chi connectivity index (χ0v) is 16.2. The molecule has 1 aromatic carbocycles. The number of aliphatic hydroxyl groups is 1. The Labute approximate surface area is 168 Å². The van der Waals surface area contributed by atoms with Gasteiger partial charge in [0.2, 0.25) is 5.91 Å². The Hall–Kier alpha value is -3.32. The van der Waals surface area contributed by atoms with Crippen molar-refractivity contribution in [1.82, 2.24) is 9.55 Å². The SMILES string of the molecule is CC(=O)n1cc(CC(CCO)C(=N)C(=O)OCc2ccccc2)c2cccnc21. The molecule has 7 nitrogen and oxygen atoms in total. The van der Waals surface area contributed by atoms with Crippen molar-refractivity contribution >= 4 is 28.6 Å². The maximum absolute atomic E-state index is 12.4. The fourth-order valence-corrected chi connectivity index (χ4v) is 3.27. The number of aliphatic hydroxyl groups excluding tert-OH is 1. The van der Waals surface area contributed by atoms with Crippen LogP contribution in [-0.4, -0.2) is 38.9 Å². The van der Waals surface area contributed by atoms with Crippen LogP contribution in [0.5, 0.6) is 0 Å². The quantitative estimate of drug-likeness (QED) is 0.452. The van der Waals surface area contributed by atoms with E-state index >= 15 is 0 Å². The van der Waals surface area contributed by atoms with E-state index in [1.807, 2.05) is 36.4 Å². The van der Waals surface area contributed by atoms with Crippen molar-refractivity contribution in [2.24, 2.45) is 5.92 Å². The van der Waals surface area contributed by atoms with Crippen LogP contribution in [0.15, 0.2) is 54.9 Å². The summed E-state index contributed by atoms with van der Waals surface area (Å²) in [6.07, 6.45) is 3.86. The minimum absolute atomic E-state index is 0.0848. The van der Waals surface area contributed by atoms with Gasteiger partial charge in [-0.15, -0.1) is 0 Å². The molecule has 7 heteroatoms. The average Bonchev–Trinajstić information content (AvgIpc) is 3.11. The summed E-state index contributed by atoms with van der Waals surface area (Å²) in [5.41, 5.74) is 1.98. The second kappa shape index (κ2) is 9.25. The Morgan fingerprint density at radius 3 is 2.66 bits per heavy atom. The summed E-state index contributed by atoms with van der Waals surface area (Å²) in [6, 6.07) is 12.9. The van der Waals surface area contributed by atoms with Gasteiger partial charge in [0.15, 0.2) is 0 Å². The maximum atomic E-state index is 12.4. The van der Waals surface area contributed by atoms with Gasteiger partial charge in [-0.25, -0.2) is 9.78 Å². The second-order valence-corrected chi connectivity index (χ2v) is 6.81. The monoisotopic (exact) mass is 393 g/mol. The molecule has 2 aromatic heterocycles. The van der Waals surface area contributed by atoms with Crippen LogP contribution in [0.2, 0.25) is 0 Å². The van der Waals surface area contributed by atoms with Crippen LogP contribution in [0.1, 0.15) is 29.3 Å². The van der Waals surface area contributed by atoms with E-state index in [-0.39, 0.29) is 31.3 Å². The van der Waals surface area contributed by atoms with Crippen molar-refractivity contribution in [1.29, 1.82) is 5.41 Å². The lowest BCUT2D eigenvalue weighted by Gasteiger charge is -2.16. The van der Waals surface area contributed by atoms with Gasteiger partial charge in [0.25, 0.3) is 0 Å². The van der Waals surface area contributed by atoms with Crippen molar-refractivity contribution < 1.29 is 19.4 Å². The molecule has 0 aliphatic carbocycles. The van der Waals surface area contributed by atoms with Crippen LogP contribution in [0.3, 0.4) is 0 Å². The molecule has 29 heavy (non-hydrogen) atoms. The summed E-state index contributed by atoms with van der Waals surface area (Å²) in [7, 11) is 0. The van der Waals surface area contributed by atoms with E-state index in [2.05, 4.69) is 4.98 Å². The summed E-state index contributed by atoms with van der Waals surface area (Å²) < 4.78 is 6.73. The van der Waals surface area contributed by atoms with E-state index in [0.29, 0.717) is 12.1 Å². The molecule has 0 saturated carbocycles. The molecule has 0 amide bonds. The van der Waals surface area contributed by atoms with Gasteiger partial charge in [0, 0.05) is 37.2 Å². The molecule has 0 fully saturated rings. The lowest BCUT2D eigenvalue weighted by molar-refractivity contribution is -0.137. The Morgan fingerprint density at radius 1 is 1.21 bits per heavy atom. The van der Waals surface area contributed by atoms with Gasteiger partial charge in [-0.2, -0.15) is 0 Å². The highest BCUT2D eigenvalue weighted by Gasteiger charge is 2.25. The fraction of sp³-hybridized carbons (Fsp3) is 0.273. The fourth-order valence-electron chi connectivity index (χ4n) is 3.27. The molecule has 1 atom stereocenters. The van der Waals surface area contributed by atoms with Gasteiger partial charge < -0.3 is 9.84 Å². The van der Waals surface area contributed by atoms with Crippen LogP contribution in [0.25, 0.3) is 11.0 Å². The smallest absolute Gasteiger partial charge is 0.352 e. The van der Waals surface area contributed by atoms with Gasteiger partial charge in [-0.1, -0.05) is 30.3 Å². The number of pyridine rings is 1. The number of benzene rings is 1. The lowest BCUT2D eigenvalue weighted by atomic mass is 9.92. The topological polar surface area (TPSA) is 105 Å². The Kier molecular flexibility index (Phi) is 6.51. The summed E-state index contributed by atoms with van der Waals surface area (Å²) in [6.45, 7) is 1.37. The number of esters is 1. The highest BCUT2D eigenvalue weighted by atomic mass is 16.5. The molecular weight excluding hydrogens is 370 g/mol. The predicted molar refractivity (Wildman–Crippen MR) is 109 cm³/mol. The molecular formula is C22H23N3O4. The first-order valence-corrected chi connectivity index (χ1v) is 9.37. The number of nitrogens with zero attached hydrogens (tertiary/aromatic N) is 2. The number of nitrogens with one attached hydrogen (secondary N) is 1. The van der Waals surface area contributed by atoms with E-state index in [0.717, 1.165) is 16.5 Å². The predicted octanol–water partition coefficient (Wildman–Crippen LogP) is 3.00. The van der Waals surface area contributed by atoms with Crippen LogP contribution < -0.4 is 0 Å². The first kappa shape index (κ1) is 20.4. The van der Waals surface area contributed by atoms with Gasteiger partial charge in [0.1, 0.15) is 18.0 Å². The van der Waals surface area contributed by atoms with E-state index in [1.165, 1.54) is 11.5 Å². The van der Waals surface area contributed by atoms with Crippen LogP contribution >= 0.6 is 0 Å². The highest BCUT2D eigenvalue weighted by molar-refractivity contribution is 6.35. The highest BCUT2D eigenvalue weighted by Crippen LogP contribution is 2.24. The second-order valence-electron chi connectivity index (χ2n) is 6.81. The zero-order valence-electron chi connectivity index (χ0n) is 16.2. The number of fused-ring (bicyclic) bond motifs is 1. The number of hydrogen-bond donors (Lipinski definition) is 2. The van der Waals surface area contributed by atoms with Crippen LogP contribution in [0.4, 0.5) is 0 Å². The first-order chi connectivity index (χ1) is 14.0. The van der Waals surface area contributed by atoms with Crippen molar-refractivity contribution in [3.8, 4) is 0 Å². The zero-order chi connectivity index (χ0) is 20.8. The third-order valence-electron chi connectivity index (χ3n) is 4.77. The molecule has 1 unspecified atom stereocenters. The van der Waals surface area contributed by atoms with Crippen LogP contribution in [0, 0.1) is 11.3 Å². The number of carbonyl (C=O) groups is 2. The molecule has 3 rings (SSSR count). The molecule has 0 aliphatic rings. The van der Waals surface area contributed by atoms with E-state index in [9.17, 15) is 14.7 Å². The number of aromatic nitrogens is 2. The Morgan fingerprint density at radius 2 is 1.97 bits per heavy atom. The Bertz CT molecular complexity index is 1030. The van der Waals surface area contributed by atoms with Crippen molar-refractivity contribution in [3.63, 3.8) is 0 Å². The maximum Gasteiger partial charge on any atom is 0.352 e. The molecule has 0 radical (unpaired) electrons.